The summed E-state index contributed by atoms with van der Waals surface area (Å²) in [4.78, 5) is 27.3. The third-order valence-electron chi connectivity index (χ3n) is 6.85. The molecule has 0 bridgehead atoms. The van der Waals surface area contributed by atoms with Gasteiger partial charge in [0.1, 0.15) is 11.4 Å². The zero-order valence-electron chi connectivity index (χ0n) is 23.1. The Kier molecular flexibility index (Phi) is 8.73. The minimum absolute atomic E-state index is 0.0263. The number of rotatable bonds is 6. The van der Waals surface area contributed by atoms with Crippen molar-refractivity contribution in [1.29, 1.82) is 0 Å². The number of hydrogen-bond donors (Lipinski definition) is 1. The van der Waals surface area contributed by atoms with E-state index < -0.39 is 11.7 Å². The monoisotopic (exact) mass is 599 g/mol. The van der Waals surface area contributed by atoms with Gasteiger partial charge in [-0.15, -0.1) is 5.10 Å². The number of ether oxygens (including phenoxy) is 1. The number of alkyl carbamates (subject to hydrolysis) is 1. The number of aryl methyl sites for hydroxylation is 2. The zero-order valence-corrected chi connectivity index (χ0v) is 24.6. The van der Waals surface area contributed by atoms with E-state index in [0.717, 1.165) is 47.3 Å². The van der Waals surface area contributed by atoms with Gasteiger partial charge in [0.2, 0.25) is 0 Å². The van der Waals surface area contributed by atoms with E-state index >= 15 is 0 Å². The van der Waals surface area contributed by atoms with Crippen molar-refractivity contribution >= 4 is 27.9 Å². The number of amides is 2. The molecule has 0 unspecified atom stereocenters. The van der Waals surface area contributed by atoms with Crippen molar-refractivity contribution in [2.45, 2.75) is 66.0 Å². The topological polar surface area (TPSA) is 89.4 Å². The van der Waals surface area contributed by atoms with E-state index in [0.29, 0.717) is 35.6 Å². The highest BCUT2D eigenvalue weighted by Crippen LogP contribution is 2.26. The molecule has 2 heterocycles. The quantitative estimate of drug-likeness (QED) is 0.381. The molecule has 0 radical (unpaired) electrons. The van der Waals surface area contributed by atoms with E-state index in [9.17, 15) is 14.0 Å². The van der Waals surface area contributed by atoms with Crippen molar-refractivity contribution in [3.8, 4) is 5.69 Å². The fourth-order valence-electron chi connectivity index (χ4n) is 4.87. The van der Waals surface area contributed by atoms with Crippen molar-refractivity contribution in [3.63, 3.8) is 0 Å². The summed E-state index contributed by atoms with van der Waals surface area (Å²) in [6, 6.07) is 8.26. The Morgan fingerprint density at radius 1 is 1.13 bits per heavy atom. The molecule has 1 aromatic heterocycles. The Morgan fingerprint density at radius 2 is 1.79 bits per heavy atom. The maximum Gasteiger partial charge on any atom is 0.407 e. The van der Waals surface area contributed by atoms with E-state index in [1.165, 1.54) is 12.1 Å². The average molecular weight is 601 g/mol. The van der Waals surface area contributed by atoms with Crippen LogP contribution in [0.2, 0.25) is 0 Å². The number of nitrogens with zero attached hydrogens (tertiary/aromatic N) is 4. The van der Waals surface area contributed by atoms with E-state index in [2.05, 4.69) is 31.6 Å². The summed E-state index contributed by atoms with van der Waals surface area (Å²) in [5.74, 6) is 0.114. The van der Waals surface area contributed by atoms with Gasteiger partial charge in [0.15, 0.2) is 0 Å². The second kappa shape index (κ2) is 11.9. The molecular weight excluding hydrogens is 565 g/mol. The van der Waals surface area contributed by atoms with Crippen molar-refractivity contribution in [2.24, 2.45) is 5.92 Å². The summed E-state index contributed by atoms with van der Waals surface area (Å²) in [5.41, 5.74) is 4.61. The van der Waals surface area contributed by atoms with Gasteiger partial charge in [-0.1, -0.05) is 5.21 Å². The van der Waals surface area contributed by atoms with Crippen LogP contribution in [-0.2, 0) is 17.7 Å². The lowest BCUT2D eigenvalue weighted by Crippen LogP contribution is -2.39. The third kappa shape index (κ3) is 7.44. The number of hydrogen-bond acceptors (Lipinski definition) is 5. The molecule has 1 saturated heterocycles. The van der Waals surface area contributed by atoms with Crippen LogP contribution < -0.4 is 5.32 Å². The number of carbonyl (C=O) groups is 2. The molecule has 1 aliphatic rings. The van der Waals surface area contributed by atoms with E-state index in [-0.39, 0.29) is 11.7 Å². The van der Waals surface area contributed by atoms with Crippen LogP contribution in [0.3, 0.4) is 0 Å². The molecule has 1 aliphatic heterocycles. The van der Waals surface area contributed by atoms with Gasteiger partial charge in [0, 0.05) is 29.7 Å². The largest absolute Gasteiger partial charge is 0.444 e. The predicted octanol–water partition coefficient (Wildman–Crippen LogP) is 5.91. The first-order chi connectivity index (χ1) is 18.4. The molecule has 0 aliphatic carbocycles. The lowest BCUT2D eigenvalue weighted by Gasteiger charge is -2.32. The molecule has 0 atom stereocenters. The molecule has 10 heteroatoms. The van der Waals surface area contributed by atoms with Crippen molar-refractivity contribution < 1.29 is 18.7 Å². The molecule has 2 amide bonds. The molecular formula is C29H35BrFN5O3. The van der Waals surface area contributed by atoms with Gasteiger partial charge in [-0.3, -0.25) is 4.79 Å². The number of likely N-dealkylation sites (tertiary alicyclic amines) is 1. The lowest BCUT2D eigenvalue weighted by atomic mass is 9.91. The van der Waals surface area contributed by atoms with Crippen LogP contribution in [0.1, 0.15) is 66.4 Å². The Morgan fingerprint density at radius 3 is 2.41 bits per heavy atom. The maximum atomic E-state index is 13.4. The molecule has 1 fully saturated rings. The molecule has 0 saturated carbocycles. The first kappa shape index (κ1) is 28.7. The summed E-state index contributed by atoms with van der Waals surface area (Å²) in [7, 11) is 0. The normalized spacial score (nSPS) is 14.4. The number of halogens is 2. The standard InChI is InChI=1S/C29H35BrFN5O3/c1-18-12-21(13-19(2)24(18)16-32-28(38)39-29(3,4)5)27(37)35-10-8-20(9-11-35)14-23-17-36(34-33-23)26-7-6-22(31)15-25(26)30/h6-7,12-13,15,17,20H,8-11,14,16H2,1-5H3,(H,32,38). The highest BCUT2D eigenvalue weighted by atomic mass is 79.9. The van der Waals surface area contributed by atoms with Gasteiger partial charge in [0.05, 0.1) is 17.6 Å². The molecule has 2 aromatic carbocycles. The van der Waals surface area contributed by atoms with Gasteiger partial charge >= 0.3 is 6.09 Å². The molecule has 4 rings (SSSR count). The van der Waals surface area contributed by atoms with E-state index in [1.807, 2.05) is 57.8 Å². The van der Waals surface area contributed by atoms with Crippen LogP contribution in [-0.4, -0.2) is 50.6 Å². The van der Waals surface area contributed by atoms with Crippen molar-refractivity contribution in [2.75, 3.05) is 13.1 Å². The Labute approximate surface area is 237 Å². The maximum absolute atomic E-state index is 13.4. The third-order valence-corrected chi connectivity index (χ3v) is 7.48. The number of piperidine rings is 1. The molecule has 39 heavy (non-hydrogen) atoms. The zero-order chi connectivity index (χ0) is 28.3. The van der Waals surface area contributed by atoms with Gasteiger partial charge in [-0.25, -0.2) is 13.9 Å². The van der Waals surface area contributed by atoms with E-state index in [1.54, 1.807) is 10.7 Å². The second-order valence-electron chi connectivity index (χ2n) is 11.1. The van der Waals surface area contributed by atoms with Gasteiger partial charge < -0.3 is 15.0 Å². The summed E-state index contributed by atoms with van der Waals surface area (Å²) in [5, 5.41) is 11.3. The minimum Gasteiger partial charge on any atom is -0.444 e. The number of carbonyl (C=O) groups excluding carboxylic acids is 2. The molecule has 3 aromatic rings. The van der Waals surface area contributed by atoms with E-state index in [4.69, 9.17) is 4.74 Å². The summed E-state index contributed by atoms with van der Waals surface area (Å²) >= 11 is 3.38. The molecule has 1 N–H and O–H groups in total. The molecule has 0 spiro atoms. The van der Waals surface area contributed by atoms with Crippen molar-refractivity contribution in [1.82, 2.24) is 25.2 Å². The summed E-state index contributed by atoms with van der Waals surface area (Å²) in [6.45, 7) is 11.1. The van der Waals surface area contributed by atoms with Crippen LogP contribution in [0.5, 0.6) is 0 Å². The smallest absolute Gasteiger partial charge is 0.407 e. The average Bonchev–Trinajstić information content (AvgIpc) is 3.30. The fraction of sp³-hybridized carbons (Fsp3) is 0.448. The van der Waals surface area contributed by atoms with Crippen LogP contribution in [0.25, 0.3) is 5.69 Å². The van der Waals surface area contributed by atoms with Gasteiger partial charge in [-0.2, -0.15) is 0 Å². The Balaban J connectivity index is 1.32. The SMILES string of the molecule is Cc1cc(C(=O)N2CCC(Cc3cn(-c4ccc(F)cc4Br)nn3)CC2)cc(C)c1CNC(=O)OC(C)(C)C. The lowest BCUT2D eigenvalue weighted by molar-refractivity contribution is 0.0522. The first-order valence-corrected chi connectivity index (χ1v) is 13.9. The van der Waals surface area contributed by atoms with Gasteiger partial charge in [0.25, 0.3) is 5.91 Å². The minimum atomic E-state index is -0.558. The summed E-state index contributed by atoms with van der Waals surface area (Å²) < 4.78 is 21.0. The number of aromatic nitrogens is 3. The Hall–Kier alpha value is -3.27. The molecule has 8 nitrogen and oxygen atoms in total. The van der Waals surface area contributed by atoms with Crippen molar-refractivity contribution in [3.05, 3.63) is 74.8 Å². The highest BCUT2D eigenvalue weighted by molar-refractivity contribution is 9.10. The predicted molar refractivity (Wildman–Crippen MR) is 150 cm³/mol. The van der Waals surface area contributed by atoms with Crippen LogP contribution in [0.4, 0.5) is 9.18 Å². The summed E-state index contributed by atoms with van der Waals surface area (Å²) in [6.07, 6.45) is 3.96. The van der Waals surface area contributed by atoms with Crippen LogP contribution in [0.15, 0.2) is 41.0 Å². The second-order valence-corrected chi connectivity index (χ2v) is 12.0. The van der Waals surface area contributed by atoms with Crippen LogP contribution in [0, 0.1) is 25.6 Å². The van der Waals surface area contributed by atoms with Crippen LogP contribution >= 0.6 is 15.9 Å². The fourth-order valence-corrected chi connectivity index (χ4v) is 5.40. The Bertz CT molecular complexity index is 1340. The number of nitrogens with one attached hydrogen (secondary N) is 1. The number of benzene rings is 2. The highest BCUT2D eigenvalue weighted by Gasteiger charge is 2.25. The molecule has 208 valence electrons. The first-order valence-electron chi connectivity index (χ1n) is 13.1. The van der Waals surface area contributed by atoms with Gasteiger partial charge in [-0.05, 0) is 123 Å².